The topological polar surface area (TPSA) is 49.8 Å². The summed E-state index contributed by atoms with van der Waals surface area (Å²) in [6.07, 6.45) is 0. The van der Waals surface area contributed by atoms with Crippen molar-refractivity contribution in [1.82, 2.24) is 9.97 Å². The van der Waals surface area contributed by atoms with Crippen LogP contribution in [0.3, 0.4) is 0 Å². The first kappa shape index (κ1) is 13.6. The van der Waals surface area contributed by atoms with E-state index in [-0.39, 0.29) is 0 Å². The zero-order chi connectivity index (χ0) is 13.1. The molecule has 0 atom stereocenters. The van der Waals surface area contributed by atoms with Crippen LogP contribution in [0.4, 0.5) is 11.6 Å². The van der Waals surface area contributed by atoms with E-state index < -0.39 is 0 Å². The van der Waals surface area contributed by atoms with E-state index in [2.05, 4.69) is 43.2 Å². The summed E-state index contributed by atoms with van der Waals surface area (Å²) < 4.78 is 0.981. The first-order valence-corrected chi connectivity index (χ1v) is 7.26. The van der Waals surface area contributed by atoms with Gasteiger partial charge in [-0.1, -0.05) is 11.6 Å². The lowest BCUT2D eigenvalue weighted by Gasteiger charge is -2.11. The number of halogens is 2. The molecule has 96 valence electrons. The largest absolute Gasteiger partial charge is 0.367 e. The number of aromatic nitrogens is 2. The Labute approximate surface area is 125 Å². The fourth-order valence-electron chi connectivity index (χ4n) is 1.63. The van der Waals surface area contributed by atoms with Crippen LogP contribution in [0.2, 0.25) is 5.02 Å². The molecule has 2 aromatic rings. The van der Waals surface area contributed by atoms with Crippen molar-refractivity contribution in [3.05, 3.63) is 20.7 Å². The zero-order valence-electron chi connectivity index (χ0n) is 10.2. The van der Waals surface area contributed by atoms with Gasteiger partial charge in [0.2, 0.25) is 0 Å². The summed E-state index contributed by atoms with van der Waals surface area (Å²) in [4.78, 5) is 9.15. The predicted molar refractivity (Wildman–Crippen MR) is 85.6 cm³/mol. The molecule has 18 heavy (non-hydrogen) atoms. The molecule has 1 aromatic carbocycles. The van der Waals surface area contributed by atoms with Gasteiger partial charge in [-0.3, -0.25) is 0 Å². The Morgan fingerprint density at radius 2 is 1.56 bits per heavy atom. The van der Waals surface area contributed by atoms with E-state index in [1.54, 1.807) is 0 Å². The second kappa shape index (κ2) is 5.88. The highest BCUT2D eigenvalue weighted by Gasteiger charge is 2.09. The van der Waals surface area contributed by atoms with E-state index in [9.17, 15) is 0 Å². The summed E-state index contributed by atoms with van der Waals surface area (Å²) in [5, 5.41) is 7.13. The summed E-state index contributed by atoms with van der Waals surface area (Å²) in [6.45, 7) is 5.68. The maximum absolute atomic E-state index is 6.11. The summed E-state index contributed by atoms with van der Waals surface area (Å²) >= 11 is 8.30. The lowest BCUT2D eigenvalue weighted by atomic mass is 10.3. The summed E-state index contributed by atoms with van der Waals surface area (Å²) in [7, 11) is 0. The van der Waals surface area contributed by atoms with Gasteiger partial charge in [0, 0.05) is 16.7 Å². The molecule has 0 fully saturated rings. The number of rotatable bonds is 4. The molecule has 0 unspecified atom stereocenters. The average Bonchev–Trinajstić information content (AvgIpc) is 2.33. The minimum absolute atomic E-state index is 0.705. The Morgan fingerprint density at radius 3 is 2.06 bits per heavy atom. The molecule has 4 nitrogen and oxygen atoms in total. The Balaban J connectivity index is 2.60. The van der Waals surface area contributed by atoms with E-state index in [4.69, 9.17) is 11.6 Å². The zero-order valence-corrected chi connectivity index (χ0v) is 13.1. The van der Waals surface area contributed by atoms with Crippen molar-refractivity contribution < 1.29 is 0 Å². The molecule has 6 heteroatoms. The highest BCUT2D eigenvalue weighted by Crippen LogP contribution is 2.27. The quantitative estimate of drug-likeness (QED) is 0.798. The highest BCUT2D eigenvalue weighted by atomic mass is 127. The number of nitrogens with one attached hydrogen (secondary N) is 2. The van der Waals surface area contributed by atoms with Gasteiger partial charge < -0.3 is 10.6 Å². The van der Waals surface area contributed by atoms with Crippen LogP contribution in [-0.2, 0) is 0 Å². The molecule has 0 saturated heterocycles. The normalized spacial score (nSPS) is 10.7. The molecule has 0 aliphatic heterocycles. The number of fused-ring (bicyclic) bond motifs is 1. The number of nitrogens with zero attached hydrogens (tertiary/aromatic N) is 2. The molecule has 1 heterocycles. The second-order valence-electron chi connectivity index (χ2n) is 3.74. The smallest absolute Gasteiger partial charge is 0.169 e. The van der Waals surface area contributed by atoms with Gasteiger partial charge in [-0.2, -0.15) is 0 Å². The van der Waals surface area contributed by atoms with Crippen LogP contribution in [-0.4, -0.2) is 23.1 Å². The van der Waals surface area contributed by atoms with Gasteiger partial charge in [0.15, 0.2) is 11.6 Å². The third-order valence-electron chi connectivity index (χ3n) is 2.39. The summed E-state index contributed by atoms with van der Waals surface area (Å²) in [6, 6.07) is 3.80. The van der Waals surface area contributed by atoms with Crippen molar-refractivity contribution in [2.24, 2.45) is 0 Å². The first-order valence-electron chi connectivity index (χ1n) is 5.80. The van der Waals surface area contributed by atoms with Crippen molar-refractivity contribution >= 4 is 56.9 Å². The second-order valence-corrected chi connectivity index (χ2v) is 5.31. The van der Waals surface area contributed by atoms with Crippen molar-refractivity contribution in [2.75, 3.05) is 23.7 Å². The molecular formula is C12H14ClIN4. The Hall–Kier alpha value is -0.820. The van der Waals surface area contributed by atoms with Gasteiger partial charge in [0.25, 0.3) is 0 Å². The number of anilines is 2. The van der Waals surface area contributed by atoms with Crippen LogP contribution in [0.5, 0.6) is 0 Å². The van der Waals surface area contributed by atoms with Gasteiger partial charge in [-0.25, -0.2) is 9.97 Å². The van der Waals surface area contributed by atoms with Crippen molar-refractivity contribution in [3.8, 4) is 0 Å². The van der Waals surface area contributed by atoms with E-state index >= 15 is 0 Å². The molecule has 0 bridgehead atoms. The molecule has 2 N–H and O–H groups in total. The van der Waals surface area contributed by atoms with E-state index in [1.165, 1.54) is 0 Å². The maximum atomic E-state index is 6.11. The Bertz CT molecular complexity index is 523. The maximum Gasteiger partial charge on any atom is 0.169 e. The molecule has 0 radical (unpaired) electrons. The molecular weight excluding hydrogens is 363 g/mol. The third kappa shape index (κ3) is 2.77. The van der Waals surface area contributed by atoms with Crippen molar-refractivity contribution in [2.45, 2.75) is 13.8 Å². The van der Waals surface area contributed by atoms with Crippen LogP contribution in [0.15, 0.2) is 12.1 Å². The predicted octanol–water partition coefficient (Wildman–Crippen LogP) is 3.75. The van der Waals surface area contributed by atoms with Crippen LogP contribution in [0.25, 0.3) is 11.0 Å². The average molecular weight is 377 g/mol. The Kier molecular flexibility index (Phi) is 4.45. The number of hydrogen-bond acceptors (Lipinski definition) is 4. The van der Waals surface area contributed by atoms with E-state index in [1.807, 2.05) is 26.0 Å². The van der Waals surface area contributed by atoms with Crippen molar-refractivity contribution in [1.29, 1.82) is 0 Å². The molecule has 0 amide bonds. The van der Waals surface area contributed by atoms with Gasteiger partial charge in [0.1, 0.15) is 0 Å². The summed E-state index contributed by atoms with van der Waals surface area (Å²) in [5.74, 6) is 1.55. The van der Waals surface area contributed by atoms with Gasteiger partial charge >= 0.3 is 0 Å². The van der Waals surface area contributed by atoms with Gasteiger partial charge in [0.05, 0.1) is 16.1 Å². The fourth-order valence-corrected chi connectivity index (χ4v) is 2.24. The van der Waals surface area contributed by atoms with Gasteiger partial charge in [-0.05, 0) is 48.6 Å². The number of benzene rings is 1. The molecule has 2 rings (SSSR count). The minimum atomic E-state index is 0.705. The van der Waals surface area contributed by atoms with Crippen LogP contribution in [0.1, 0.15) is 13.8 Å². The van der Waals surface area contributed by atoms with Crippen LogP contribution in [0, 0.1) is 3.57 Å². The molecule has 0 aliphatic carbocycles. The molecule has 0 aliphatic rings. The van der Waals surface area contributed by atoms with Gasteiger partial charge in [-0.15, -0.1) is 0 Å². The number of hydrogen-bond donors (Lipinski definition) is 2. The van der Waals surface area contributed by atoms with Crippen LogP contribution < -0.4 is 10.6 Å². The minimum Gasteiger partial charge on any atom is -0.367 e. The molecule has 0 spiro atoms. The third-order valence-corrected chi connectivity index (χ3v) is 3.92. The lowest BCUT2D eigenvalue weighted by Crippen LogP contribution is -2.08. The van der Waals surface area contributed by atoms with E-state index in [0.717, 1.165) is 39.3 Å². The lowest BCUT2D eigenvalue weighted by molar-refractivity contribution is 1.12. The highest BCUT2D eigenvalue weighted by molar-refractivity contribution is 14.1. The Morgan fingerprint density at radius 1 is 1.06 bits per heavy atom. The first-order chi connectivity index (χ1) is 8.65. The monoisotopic (exact) mass is 376 g/mol. The molecule has 0 saturated carbocycles. The standard InChI is InChI=1S/C12H14ClIN4/c1-3-15-11-12(16-4-2)18-10-6-8(14)7(13)5-9(10)17-11/h5-6H,3-4H2,1-2H3,(H,15,17)(H,16,18). The summed E-state index contributed by atoms with van der Waals surface area (Å²) in [5.41, 5.74) is 1.65. The SMILES string of the molecule is CCNc1nc2cc(Cl)c(I)cc2nc1NCC. The van der Waals surface area contributed by atoms with E-state index in [0.29, 0.717) is 5.02 Å². The molecule has 1 aromatic heterocycles. The fraction of sp³-hybridized carbons (Fsp3) is 0.333. The van der Waals surface area contributed by atoms with Crippen molar-refractivity contribution in [3.63, 3.8) is 0 Å². The van der Waals surface area contributed by atoms with Crippen LogP contribution >= 0.6 is 34.2 Å².